The zero-order chi connectivity index (χ0) is 21.9. The summed E-state index contributed by atoms with van der Waals surface area (Å²) >= 11 is 7.80. The van der Waals surface area contributed by atoms with Gasteiger partial charge in [0.1, 0.15) is 5.69 Å². The molecule has 0 unspecified atom stereocenters. The number of ether oxygens (including phenoxy) is 1. The van der Waals surface area contributed by atoms with Crippen LogP contribution in [0, 0.1) is 0 Å². The number of hydrogen-bond acceptors (Lipinski definition) is 8. The SMILES string of the molecule is O=c1c(OC2CCCC2)c(N2CCN(SN3CCCO3)CC2)cnn1-c1cccc(Cl)c1. The van der Waals surface area contributed by atoms with Gasteiger partial charge in [0.05, 0.1) is 24.6 Å². The monoisotopic (exact) mass is 477 g/mol. The molecule has 0 radical (unpaired) electrons. The number of halogens is 1. The fourth-order valence-electron chi connectivity index (χ4n) is 4.36. The third kappa shape index (κ3) is 4.92. The van der Waals surface area contributed by atoms with E-state index in [0.29, 0.717) is 16.5 Å². The number of rotatable bonds is 6. The Morgan fingerprint density at radius 2 is 1.91 bits per heavy atom. The first-order chi connectivity index (χ1) is 15.7. The lowest BCUT2D eigenvalue weighted by atomic mass is 10.2. The Labute approximate surface area is 197 Å². The van der Waals surface area contributed by atoms with E-state index in [1.54, 1.807) is 30.5 Å². The van der Waals surface area contributed by atoms with Crippen LogP contribution < -0.4 is 15.2 Å². The average Bonchev–Trinajstić information content (AvgIpc) is 3.50. The van der Waals surface area contributed by atoms with Gasteiger partial charge in [-0.3, -0.25) is 9.63 Å². The Bertz CT molecular complexity index is 986. The highest BCUT2D eigenvalue weighted by atomic mass is 35.5. The maximum absolute atomic E-state index is 13.5. The molecule has 1 aromatic heterocycles. The van der Waals surface area contributed by atoms with E-state index >= 15 is 0 Å². The largest absolute Gasteiger partial charge is 0.483 e. The topological polar surface area (TPSA) is 63.1 Å². The number of anilines is 1. The molecule has 0 spiro atoms. The summed E-state index contributed by atoms with van der Waals surface area (Å²) < 4.78 is 12.0. The van der Waals surface area contributed by atoms with Crippen molar-refractivity contribution >= 4 is 29.4 Å². The molecular formula is C22H28ClN5O3S. The molecule has 1 saturated carbocycles. The van der Waals surface area contributed by atoms with Crippen LogP contribution in [0.4, 0.5) is 5.69 Å². The van der Waals surface area contributed by atoms with Crippen LogP contribution in [-0.2, 0) is 4.84 Å². The minimum Gasteiger partial charge on any atom is -0.483 e. The van der Waals surface area contributed by atoms with E-state index in [1.807, 2.05) is 16.6 Å². The predicted octanol–water partition coefficient (Wildman–Crippen LogP) is 3.53. The van der Waals surface area contributed by atoms with Crippen molar-refractivity contribution in [2.45, 2.75) is 38.2 Å². The Balaban J connectivity index is 1.38. The summed E-state index contributed by atoms with van der Waals surface area (Å²) in [6.45, 7) is 5.07. The molecule has 3 fully saturated rings. The van der Waals surface area contributed by atoms with Crippen molar-refractivity contribution in [3.8, 4) is 11.4 Å². The van der Waals surface area contributed by atoms with Gasteiger partial charge in [0.25, 0.3) is 0 Å². The maximum Gasteiger partial charge on any atom is 0.316 e. The van der Waals surface area contributed by atoms with Gasteiger partial charge in [0, 0.05) is 49.9 Å². The molecule has 1 aromatic carbocycles. The Hall–Kier alpha value is -1.78. The van der Waals surface area contributed by atoms with Gasteiger partial charge in [-0.2, -0.15) is 9.78 Å². The van der Waals surface area contributed by atoms with Gasteiger partial charge in [-0.15, -0.1) is 4.47 Å². The minimum absolute atomic E-state index is 0.0841. The highest BCUT2D eigenvalue weighted by molar-refractivity contribution is 7.94. The molecule has 0 N–H and O–H groups in total. The van der Waals surface area contributed by atoms with E-state index < -0.39 is 0 Å². The van der Waals surface area contributed by atoms with Crippen LogP contribution in [0.15, 0.2) is 35.3 Å². The normalized spacial score (nSPS) is 20.8. The molecule has 0 atom stereocenters. The molecule has 2 saturated heterocycles. The molecule has 32 heavy (non-hydrogen) atoms. The number of aromatic nitrogens is 2. The molecule has 0 amide bonds. The molecule has 0 bridgehead atoms. The Morgan fingerprint density at radius 3 is 2.62 bits per heavy atom. The molecule has 1 aliphatic carbocycles. The minimum atomic E-state index is -0.237. The summed E-state index contributed by atoms with van der Waals surface area (Å²) in [5.41, 5.74) is 1.18. The van der Waals surface area contributed by atoms with E-state index in [2.05, 4.69) is 14.3 Å². The second kappa shape index (κ2) is 10.0. The molecule has 2 aromatic rings. The summed E-state index contributed by atoms with van der Waals surface area (Å²) in [5.74, 6) is 0.399. The molecule has 2 aliphatic heterocycles. The molecule has 3 heterocycles. The van der Waals surface area contributed by atoms with E-state index in [1.165, 1.54) is 4.68 Å². The van der Waals surface area contributed by atoms with Crippen molar-refractivity contribution in [3.63, 3.8) is 0 Å². The molecule has 10 heteroatoms. The number of hydroxylamine groups is 1. The van der Waals surface area contributed by atoms with Crippen LogP contribution in [0.25, 0.3) is 5.69 Å². The maximum atomic E-state index is 13.5. The first kappa shape index (κ1) is 22.0. The zero-order valence-corrected chi connectivity index (χ0v) is 19.6. The van der Waals surface area contributed by atoms with Crippen molar-refractivity contribution in [2.75, 3.05) is 44.2 Å². The van der Waals surface area contributed by atoms with Crippen LogP contribution >= 0.6 is 23.7 Å². The van der Waals surface area contributed by atoms with Crippen molar-refractivity contribution in [2.24, 2.45) is 0 Å². The third-order valence-electron chi connectivity index (χ3n) is 6.06. The first-order valence-electron chi connectivity index (χ1n) is 11.3. The summed E-state index contributed by atoms with van der Waals surface area (Å²) in [4.78, 5) is 21.3. The van der Waals surface area contributed by atoms with Crippen LogP contribution in [0.5, 0.6) is 5.75 Å². The highest BCUT2D eigenvalue weighted by Crippen LogP contribution is 2.31. The molecular weight excluding hydrogens is 450 g/mol. The van der Waals surface area contributed by atoms with Gasteiger partial charge in [-0.25, -0.2) is 4.31 Å². The van der Waals surface area contributed by atoms with Crippen LogP contribution in [-0.4, -0.2) is 64.0 Å². The lowest BCUT2D eigenvalue weighted by molar-refractivity contribution is -0.0212. The van der Waals surface area contributed by atoms with E-state index in [-0.39, 0.29) is 11.7 Å². The van der Waals surface area contributed by atoms with Gasteiger partial charge in [0.2, 0.25) is 5.75 Å². The Morgan fingerprint density at radius 1 is 1.09 bits per heavy atom. The second-order valence-electron chi connectivity index (χ2n) is 8.32. The number of piperazine rings is 1. The number of nitrogens with zero attached hydrogens (tertiary/aromatic N) is 5. The van der Waals surface area contributed by atoms with E-state index in [4.69, 9.17) is 21.2 Å². The van der Waals surface area contributed by atoms with E-state index in [0.717, 1.165) is 77.1 Å². The zero-order valence-electron chi connectivity index (χ0n) is 18.0. The van der Waals surface area contributed by atoms with Crippen molar-refractivity contribution in [1.82, 2.24) is 18.6 Å². The molecule has 5 rings (SSSR count). The molecule has 8 nitrogen and oxygen atoms in total. The second-order valence-corrected chi connectivity index (χ2v) is 9.84. The van der Waals surface area contributed by atoms with E-state index in [9.17, 15) is 4.79 Å². The van der Waals surface area contributed by atoms with Gasteiger partial charge in [0.15, 0.2) is 0 Å². The standard InChI is InChI=1S/C22H28ClN5O3S/c23-17-5-3-6-18(15-17)28-22(29)21(31-19-7-1-2-8-19)20(16-24-28)25-10-12-26(13-11-25)32-27-9-4-14-30-27/h3,5-6,15-16,19H,1-2,4,7-14H2. The fourth-order valence-corrected chi connectivity index (χ4v) is 5.46. The average molecular weight is 478 g/mol. The van der Waals surface area contributed by atoms with Gasteiger partial charge in [-0.05, 0) is 50.3 Å². The van der Waals surface area contributed by atoms with Crippen molar-refractivity contribution < 1.29 is 9.57 Å². The summed E-state index contributed by atoms with van der Waals surface area (Å²) in [6.07, 6.45) is 7.17. The first-order valence-corrected chi connectivity index (χ1v) is 12.4. The third-order valence-corrected chi connectivity index (χ3v) is 7.36. The number of hydrogen-bond donors (Lipinski definition) is 0. The van der Waals surface area contributed by atoms with Crippen molar-refractivity contribution in [1.29, 1.82) is 0 Å². The van der Waals surface area contributed by atoms with Crippen LogP contribution in [0.3, 0.4) is 0 Å². The molecule has 3 aliphatic rings. The predicted molar refractivity (Wildman–Crippen MR) is 126 cm³/mol. The summed E-state index contributed by atoms with van der Waals surface area (Å²) in [6, 6.07) is 7.17. The molecule has 172 valence electrons. The Kier molecular flexibility index (Phi) is 6.89. The lowest BCUT2D eigenvalue weighted by Crippen LogP contribution is -2.45. The summed E-state index contributed by atoms with van der Waals surface area (Å²) in [5, 5.41) is 5.04. The van der Waals surface area contributed by atoms with Crippen molar-refractivity contribution in [3.05, 3.63) is 45.8 Å². The lowest BCUT2D eigenvalue weighted by Gasteiger charge is -2.36. The summed E-state index contributed by atoms with van der Waals surface area (Å²) in [7, 11) is 0. The quantitative estimate of drug-likeness (QED) is 0.585. The van der Waals surface area contributed by atoms with Crippen LogP contribution in [0.2, 0.25) is 5.02 Å². The highest BCUT2D eigenvalue weighted by Gasteiger charge is 2.28. The number of benzene rings is 1. The van der Waals surface area contributed by atoms with Gasteiger partial charge < -0.3 is 9.64 Å². The van der Waals surface area contributed by atoms with Gasteiger partial charge in [-0.1, -0.05) is 17.7 Å². The smallest absolute Gasteiger partial charge is 0.316 e. The van der Waals surface area contributed by atoms with Crippen LogP contribution in [0.1, 0.15) is 32.1 Å². The van der Waals surface area contributed by atoms with Gasteiger partial charge >= 0.3 is 5.56 Å². The fraction of sp³-hybridized carbons (Fsp3) is 0.545.